The molecule has 1 atom stereocenters. The zero-order valence-electron chi connectivity index (χ0n) is 10.2. The Balaban J connectivity index is 1.80. The highest BCUT2D eigenvalue weighted by atomic mass is 16.5. The number of nitrogen functional groups attached to an aromatic ring is 1. The third-order valence-electron chi connectivity index (χ3n) is 3.01. The molecule has 1 aromatic carbocycles. The molecule has 1 aromatic rings. The first-order valence-electron chi connectivity index (χ1n) is 6.11. The van der Waals surface area contributed by atoms with Gasteiger partial charge in [-0.25, -0.2) is 0 Å². The summed E-state index contributed by atoms with van der Waals surface area (Å²) >= 11 is 0. The van der Waals surface area contributed by atoms with Crippen molar-refractivity contribution in [2.24, 2.45) is 0 Å². The molecule has 0 bridgehead atoms. The number of carbonyl (C=O) groups excluding carboxylic acids is 1. The zero-order valence-corrected chi connectivity index (χ0v) is 10.2. The number of aromatic hydroxyl groups is 1. The number of hydrogen-bond acceptors (Lipinski definition) is 4. The van der Waals surface area contributed by atoms with E-state index in [9.17, 15) is 9.90 Å². The molecular weight excluding hydrogens is 232 g/mol. The average molecular weight is 250 g/mol. The van der Waals surface area contributed by atoms with Crippen molar-refractivity contribution in [3.63, 3.8) is 0 Å². The van der Waals surface area contributed by atoms with Crippen LogP contribution < -0.4 is 11.1 Å². The first kappa shape index (κ1) is 12.7. The Bertz CT molecular complexity index is 428. The van der Waals surface area contributed by atoms with Gasteiger partial charge < -0.3 is 20.9 Å². The van der Waals surface area contributed by atoms with Crippen molar-refractivity contribution in [2.75, 3.05) is 18.9 Å². The number of carbonyl (C=O) groups is 1. The maximum atomic E-state index is 11.7. The van der Waals surface area contributed by atoms with E-state index in [2.05, 4.69) is 5.32 Å². The molecule has 1 fully saturated rings. The summed E-state index contributed by atoms with van der Waals surface area (Å²) < 4.78 is 5.42. The molecule has 4 N–H and O–H groups in total. The van der Waals surface area contributed by atoms with E-state index < -0.39 is 0 Å². The summed E-state index contributed by atoms with van der Waals surface area (Å²) in [6, 6.07) is 4.85. The molecule has 1 saturated heterocycles. The fourth-order valence-electron chi connectivity index (χ4n) is 1.98. The molecular formula is C13H18N2O3. The summed E-state index contributed by atoms with van der Waals surface area (Å²) in [5, 5.41) is 12.3. The van der Waals surface area contributed by atoms with Crippen LogP contribution in [0, 0.1) is 0 Å². The number of amides is 1. The molecule has 0 radical (unpaired) electrons. The van der Waals surface area contributed by atoms with Gasteiger partial charge in [0.15, 0.2) is 0 Å². The molecule has 5 heteroatoms. The minimum Gasteiger partial charge on any atom is -0.506 e. The van der Waals surface area contributed by atoms with E-state index in [1.54, 1.807) is 12.1 Å². The molecule has 1 heterocycles. The van der Waals surface area contributed by atoms with E-state index >= 15 is 0 Å². The van der Waals surface area contributed by atoms with Crippen LogP contribution in [0.5, 0.6) is 5.75 Å². The molecule has 1 amide bonds. The lowest BCUT2D eigenvalue weighted by molar-refractivity contribution is -0.120. The highest BCUT2D eigenvalue weighted by molar-refractivity contribution is 5.79. The highest BCUT2D eigenvalue weighted by Crippen LogP contribution is 2.20. The van der Waals surface area contributed by atoms with Gasteiger partial charge in [-0.1, -0.05) is 6.07 Å². The summed E-state index contributed by atoms with van der Waals surface area (Å²) in [5.41, 5.74) is 6.55. The van der Waals surface area contributed by atoms with Crippen LogP contribution in [0.25, 0.3) is 0 Å². The lowest BCUT2D eigenvalue weighted by atomic mass is 10.1. The lowest BCUT2D eigenvalue weighted by Gasteiger charge is -2.11. The monoisotopic (exact) mass is 250 g/mol. The third kappa shape index (κ3) is 3.37. The smallest absolute Gasteiger partial charge is 0.224 e. The normalized spacial score (nSPS) is 18.8. The maximum Gasteiger partial charge on any atom is 0.224 e. The van der Waals surface area contributed by atoms with Crippen molar-refractivity contribution in [1.29, 1.82) is 0 Å². The summed E-state index contributed by atoms with van der Waals surface area (Å²) in [6.07, 6.45) is 2.45. The Morgan fingerprint density at radius 2 is 2.39 bits per heavy atom. The number of nitrogens with one attached hydrogen (secondary N) is 1. The molecule has 18 heavy (non-hydrogen) atoms. The van der Waals surface area contributed by atoms with Crippen LogP contribution in [0.2, 0.25) is 0 Å². The Hall–Kier alpha value is -1.75. The maximum absolute atomic E-state index is 11.7. The van der Waals surface area contributed by atoms with Crippen molar-refractivity contribution in [2.45, 2.75) is 25.4 Å². The first-order chi connectivity index (χ1) is 8.65. The van der Waals surface area contributed by atoms with Gasteiger partial charge in [0.25, 0.3) is 0 Å². The van der Waals surface area contributed by atoms with Crippen molar-refractivity contribution in [3.8, 4) is 5.75 Å². The fraction of sp³-hybridized carbons (Fsp3) is 0.462. The molecule has 1 aliphatic heterocycles. The van der Waals surface area contributed by atoms with Crippen LogP contribution in [0.3, 0.4) is 0 Å². The van der Waals surface area contributed by atoms with Gasteiger partial charge in [0.2, 0.25) is 5.91 Å². The first-order valence-corrected chi connectivity index (χ1v) is 6.11. The topological polar surface area (TPSA) is 84.6 Å². The molecule has 1 aliphatic rings. The summed E-state index contributed by atoms with van der Waals surface area (Å²) in [5.74, 6) is -0.0610. The minimum atomic E-state index is -0.0744. The molecule has 0 aromatic heterocycles. The summed E-state index contributed by atoms with van der Waals surface area (Å²) in [4.78, 5) is 11.7. The molecule has 0 aliphatic carbocycles. The van der Waals surface area contributed by atoms with Gasteiger partial charge in [-0.05, 0) is 30.5 Å². The van der Waals surface area contributed by atoms with E-state index in [4.69, 9.17) is 10.5 Å². The van der Waals surface area contributed by atoms with Crippen molar-refractivity contribution in [1.82, 2.24) is 5.32 Å². The molecule has 5 nitrogen and oxygen atoms in total. The van der Waals surface area contributed by atoms with Crippen LogP contribution in [0.1, 0.15) is 18.4 Å². The van der Waals surface area contributed by atoms with Crippen LogP contribution in [-0.2, 0) is 16.0 Å². The van der Waals surface area contributed by atoms with Crippen molar-refractivity contribution in [3.05, 3.63) is 23.8 Å². The number of anilines is 1. The van der Waals surface area contributed by atoms with Crippen molar-refractivity contribution < 1.29 is 14.6 Å². The molecule has 2 rings (SSSR count). The number of benzene rings is 1. The second-order valence-corrected chi connectivity index (χ2v) is 4.51. The number of nitrogens with two attached hydrogens (primary N) is 1. The quantitative estimate of drug-likeness (QED) is 0.545. The van der Waals surface area contributed by atoms with Crippen LogP contribution in [-0.4, -0.2) is 30.3 Å². The van der Waals surface area contributed by atoms with E-state index in [1.807, 2.05) is 0 Å². The Kier molecular flexibility index (Phi) is 4.04. The van der Waals surface area contributed by atoms with E-state index in [0.29, 0.717) is 12.2 Å². The average Bonchev–Trinajstić information content (AvgIpc) is 2.84. The largest absolute Gasteiger partial charge is 0.506 e. The van der Waals surface area contributed by atoms with E-state index in [0.717, 1.165) is 25.0 Å². The summed E-state index contributed by atoms with van der Waals surface area (Å²) in [6.45, 7) is 1.34. The minimum absolute atomic E-state index is 0.0134. The second kappa shape index (κ2) is 5.73. The van der Waals surface area contributed by atoms with E-state index in [1.165, 1.54) is 6.07 Å². The zero-order chi connectivity index (χ0) is 13.0. The number of hydrogen-bond donors (Lipinski definition) is 3. The molecule has 98 valence electrons. The van der Waals surface area contributed by atoms with Gasteiger partial charge in [-0.3, -0.25) is 4.79 Å². The van der Waals surface area contributed by atoms with Crippen LogP contribution in [0.4, 0.5) is 5.69 Å². The Morgan fingerprint density at radius 3 is 3.06 bits per heavy atom. The fourth-order valence-corrected chi connectivity index (χ4v) is 1.98. The van der Waals surface area contributed by atoms with Gasteiger partial charge in [0.1, 0.15) is 5.75 Å². The number of phenolic OH excluding ortho intramolecular Hbond substituents is 1. The van der Waals surface area contributed by atoms with Crippen LogP contribution >= 0.6 is 0 Å². The summed E-state index contributed by atoms with van der Waals surface area (Å²) in [7, 11) is 0. The molecule has 0 saturated carbocycles. The third-order valence-corrected chi connectivity index (χ3v) is 3.01. The van der Waals surface area contributed by atoms with Gasteiger partial charge >= 0.3 is 0 Å². The Labute approximate surface area is 106 Å². The number of phenols is 1. The number of ether oxygens (including phenoxy) is 1. The van der Waals surface area contributed by atoms with Gasteiger partial charge in [-0.15, -0.1) is 0 Å². The predicted octanol–water partition coefficient (Wildman–Crippen LogP) is 0.812. The standard InChI is InChI=1S/C13H18N2O3/c14-11-4-3-9(6-12(11)16)7-13(17)15-8-10-2-1-5-18-10/h3-4,6,10,16H,1-2,5,7-8,14H2,(H,15,17). The lowest BCUT2D eigenvalue weighted by Crippen LogP contribution is -2.32. The molecule has 0 spiro atoms. The predicted molar refractivity (Wildman–Crippen MR) is 68.2 cm³/mol. The van der Waals surface area contributed by atoms with Crippen LogP contribution in [0.15, 0.2) is 18.2 Å². The molecule has 1 unspecified atom stereocenters. The number of rotatable bonds is 4. The van der Waals surface area contributed by atoms with Gasteiger partial charge in [0.05, 0.1) is 18.2 Å². The Morgan fingerprint density at radius 1 is 1.56 bits per heavy atom. The SMILES string of the molecule is Nc1ccc(CC(=O)NCC2CCCO2)cc1O. The van der Waals surface area contributed by atoms with E-state index in [-0.39, 0.29) is 24.2 Å². The second-order valence-electron chi connectivity index (χ2n) is 4.51. The van der Waals surface area contributed by atoms with Gasteiger partial charge in [0, 0.05) is 13.2 Å². The van der Waals surface area contributed by atoms with Gasteiger partial charge in [-0.2, -0.15) is 0 Å². The highest BCUT2D eigenvalue weighted by Gasteiger charge is 2.16. The van der Waals surface area contributed by atoms with Crippen molar-refractivity contribution >= 4 is 11.6 Å².